The Kier molecular flexibility index (Phi) is 3.01. The van der Waals surface area contributed by atoms with Crippen LogP contribution < -0.4 is 0 Å². The van der Waals surface area contributed by atoms with E-state index in [-0.39, 0.29) is 0 Å². The molecule has 98 valence electrons. The molecule has 3 rings (SSSR count). The third-order valence-corrected chi connectivity index (χ3v) is 6.02. The minimum Gasteiger partial charge on any atom is -0.378 e. The molecule has 1 heterocycles. The van der Waals surface area contributed by atoms with Crippen molar-refractivity contribution in [3.63, 3.8) is 0 Å². The lowest BCUT2D eigenvalue weighted by molar-refractivity contribution is -0.0765. The van der Waals surface area contributed by atoms with E-state index in [1.165, 1.54) is 19.3 Å². The fourth-order valence-electron chi connectivity index (χ4n) is 5.36. The van der Waals surface area contributed by atoms with Crippen molar-refractivity contribution in [2.24, 2.45) is 41.4 Å². The van der Waals surface area contributed by atoms with Crippen LogP contribution in [0.15, 0.2) is 0 Å². The van der Waals surface area contributed by atoms with E-state index in [1.54, 1.807) is 0 Å². The van der Waals surface area contributed by atoms with Crippen LogP contribution in [0.4, 0.5) is 0 Å². The Balaban J connectivity index is 1.76. The van der Waals surface area contributed by atoms with E-state index in [2.05, 4.69) is 27.7 Å². The van der Waals surface area contributed by atoms with E-state index in [1.807, 2.05) is 0 Å². The molecule has 1 nitrogen and oxygen atoms in total. The summed E-state index contributed by atoms with van der Waals surface area (Å²) < 4.78 is 5.91. The predicted molar refractivity (Wildman–Crippen MR) is 70.7 cm³/mol. The van der Waals surface area contributed by atoms with Gasteiger partial charge in [-0.1, -0.05) is 20.8 Å². The van der Waals surface area contributed by atoms with Crippen molar-refractivity contribution in [2.75, 3.05) is 6.61 Å². The Morgan fingerprint density at radius 2 is 1.76 bits per heavy atom. The third kappa shape index (κ3) is 1.85. The molecule has 3 fully saturated rings. The lowest BCUT2D eigenvalue weighted by Crippen LogP contribution is -2.42. The lowest BCUT2D eigenvalue weighted by atomic mass is 9.65. The molecule has 1 heteroatoms. The number of hydrogen-bond acceptors (Lipinski definition) is 1. The molecule has 1 aliphatic heterocycles. The second-order valence-corrected chi connectivity index (χ2v) is 7.42. The number of fused-ring (bicyclic) bond motifs is 5. The molecule has 2 aliphatic carbocycles. The molecule has 0 N–H and O–H groups in total. The van der Waals surface area contributed by atoms with Crippen molar-refractivity contribution in [1.29, 1.82) is 0 Å². The summed E-state index contributed by atoms with van der Waals surface area (Å²) in [6.45, 7) is 10.6. The van der Waals surface area contributed by atoms with Gasteiger partial charge in [0.15, 0.2) is 0 Å². The average Bonchev–Trinajstić information content (AvgIpc) is 2.76. The fraction of sp³-hybridized carbons (Fsp3) is 1.00. The Morgan fingerprint density at radius 1 is 1.00 bits per heavy atom. The fourth-order valence-corrected chi connectivity index (χ4v) is 5.36. The van der Waals surface area contributed by atoms with Gasteiger partial charge in [0.05, 0.1) is 12.7 Å². The summed E-state index contributed by atoms with van der Waals surface area (Å²) in [5.41, 5.74) is 0. The summed E-state index contributed by atoms with van der Waals surface area (Å²) in [4.78, 5) is 0. The van der Waals surface area contributed by atoms with Gasteiger partial charge in [0.1, 0.15) is 0 Å². The maximum absolute atomic E-state index is 5.91. The molecule has 2 bridgehead atoms. The predicted octanol–water partition coefficient (Wildman–Crippen LogP) is 3.98. The highest BCUT2D eigenvalue weighted by molar-refractivity contribution is 5.05. The van der Waals surface area contributed by atoms with Gasteiger partial charge in [-0.3, -0.25) is 0 Å². The van der Waals surface area contributed by atoms with Gasteiger partial charge in [0, 0.05) is 0 Å². The Hall–Kier alpha value is -0.0400. The van der Waals surface area contributed by atoms with Crippen LogP contribution in [0.5, 0.6) is 0 Å². The molecule has 2 saturated carbocycles. The Labute approximate surface area is 106 Å². The second-order valence-electron chi connectivity index (χ2n) is 7.42. The highest BCUT2D eigenvalue weighted by Gasteiger charge is 2.57. The first kappa shape index (κ1) is 12.0. The van der Waals surface area contributed by atoms with Gasteiger partial charge < -0.3 is 4.74 Å². The monoisotopic (exact) mass is 236 g/mol. The average molecular weight is 236 g/mol. The summed E-state index contributed by atoms with van der Waals surface area (Å²) in [5.74, 6) is 6.79. The SMILES string of the molecule is CC(C)CC1C(C)C2CC1C1CC(C)OCC21. The van der Waals surface area contributed by atoms with Crippen LogP contribution in [-0.4, -0.2) is 12.7 Å². The van der Waals surface area contributed by atoms with Crippen LogP contribution in [0.25, 0.3) is 0 Å². The molecule has 7 unspecified atom stereocenters. The van der Waals surface area contributed by atoms with Crippen molar-refractivity contribution in [2.45, 2.75) is 53.1 Å². The zero-order valence-electron chi connectivity index (χ0n) is 11.9. The summed E-state index contributed by atoms with van der Waals surface area (Å²) >= 11 is 0. The van der Waals surface area contributed by atoms with Crippen molar-refractivity contribution < 1.29 is 4.74 Å². The van der Waals surface area contributed by atoms with Gasteiger partial charge in [-0.25, -0.2) is 0 Å². The molecule has 0 aromatic rings. The van der Waals surface area contributed by atoms with Crippen LogP contribution in [0.2, 0.25) is 0 Å². The molecule has 0 aromatic heterocycles. The van der Waals surface area contributed by atoms with E-state index in [4.69, 9.17) is 4.74 Å². The largest absolute Gasteiger partial charge is 0.378 e. The Morgan fingerprint density at radius 3 is 2.47 bits per heavy atom. The van der Waals surface area contributed by atoms with Gasteiger partial charge in [-0.05, 0) is 67.6 Å². The summed E-state index contributed by atoms with van der Waals surface area (Å²) in [6.07, 6.45) is 4.84. The Bertz CT molecular complexity index is 281. The van der Waals surface area contributed by atoms with E-state index in [9.17, 15) is 0 Å². The molecule has 0 spiro atoms. The number of hydrogen-bond donors (Lipinski definition) is 0. The summed E-state index contributed by atoms with van der Waals surface area (Å²) in [5, 5.41) is 0. The highest BCUT2D eigenvalue weighted by Crippen LogP contribution is 2.61. The standard InChI is InChI=1S/C16H28O/c1-9(2)5-12-11(4)13-7-15(12)14-6-10(3)17-8-16(13)14/h9-16H,5-8H2,1-4H3. The minimum absolute atomic E-state index is 0.519. The van der Waals surface area contributed by atoms with Crippen molar-refractivity contribution in [3.05, 3.63) is 0 Å². The molecular weight excluding hydrogens is 208 g/mol. The molecule has 0 amide bonds. The molecule has 0 radical (unpaired) electrons. The molecule has 7 atom stereocenters. The van der Waals surface area contributed by atoms with Crippen LogP contribution in [0.3, 0.4) is 0 Å². The molecule has 3 aliphatic rings. The van der Waals surface area contributed by atoms with Gasteiger partial charge in [0.25, 0.3) is 0 Å². The van der Waals surface area contributed by atoms with Crippen molar-refractivity contribution in [3.8, 4) is 0 Å². The minimum atomic E-state index is 0.519. The van der Waals surface area contributed by atoms with Crippen LogP contribution in [-0.2, 0) is 4.74 Å². The summed E-state index contributed by atoms with van der Waals surface area (Å²) in [7, 11) is 0. The maximum atomic E-state index is 5.91. The zero-order valence-corrected chi connectivity index (χ0v) is 11.9. The smallest absolute Gasteiger partial charge is 0.0550 e. The molecular formula is C16H28O. The van der Waals surface area contributed by atoms with E-state index < -0.39 is 0 Å². The van der Waals surface area contributed by atoms with Crippen molar-refractivity contribution >= 4 is 0 Å². The second kappa shape index (κ2) is 4.26. The molecule has 0 aromatic carbocycles. The lowest BCUT2D eigenvalue weighted by Gasteiger charge is -2.44. The van der Waals surface area contributed by atoms with E-state index >= 15 is 0 Å². The third-order valence-electron chi connectivity index (χ3n) is 6.02. The van der Waals surface area contributed by atoms with E-state index in [0.717, 1.165) is 48.0 Å². The molecule has 1 saturated heterocycles. The van der Waals surface area contributed by atoms with Crippen LogP contribution >= 0.6 is 0 Å². The van der Waals surface area contributed by atoms with Crippen LogP contribution in [0, 0.1) is 41.4 Å². The van der Waals surface area contributed by atoms with Gasteiger partial charge >= 0.3 is 0 Å². The van der Waals surface area contributed by atoms with E-state index in [0.29, 0.717) is 6.10 Å². The first-order valence-electron chi connectivity index (χ1n) is 7.69. The maximum Gasteiger partial charge on any atom is 0.0550 e. The topological polar surface area (TPSA) is 9.23 Å². The highest BCUT2D eigenvalue weighted by atomic mass is 16.5. The first-order chi connectivity index (χ1) is 8.08. The van der Waals surface area contributed by atoms with Gasteiger partial charge in [-0.2, -0.15) is 0 Å². The number of rotatable bonds is 2. The first-order valence-corrected chi connectivity index (χ1v) is 7.69. The van der Waals surface area contributed by atoms with Crippen molar-refractivity contribution in [1.82, 2.24) is 0 Å². The normalized spacial score (nSPS) is 53.1. The quantitative estimate of drug-likeness (QED) is 0.705. The molecule has 17 heavy (non-hydrogen) atoms. The van der Waals surface area contributed by atoms with Gasteiger partial charge in [-0.15, -0.1) is 0 Å². The van der Waals surface area contributed by atoms with Gasteiger partial charge in [0.2, 0.25) is 0 Å². The summed E-state index contributed by atoms with van der Waals surface area (Å²) in [6, 6.07) is 0. The van der Waals surface area contributed by atoms with Crippen LogP contribution in [0.1, 0.15) is 47.0 Å². The zero-order chi connectivity index (χ0) is 12.2. The number of ether oxygens (including phenoxy) is 1.